The van der Waals surface area contributed by atoms with Crippen molar-refractivity contribution in [2.24, 2.45) is 10.7 Å². The third-order valence-corrected chi connectivity index (χ3v) is 2.32. The van der Waals surface area contributed by atoms with Crippen LogP contribution in [0.4, 0.5) is 0 Å². The molecule has 0 aromatic rings. The summed E-state index contributed by atoms with van der Waals surface area (Å²) in [5.74, 6) is 1.05. The van der Waals surface area contributed by atoms with Gasteiger partial charge in [-0.3, -0.25) is 4.99 Å². The van der Waals surface area contributed by atoms with Crippen molar-refractivity contribution in [1.29, 1.82) is 0 Å². The van der Waals surface area contributed by atoms with Gasteiger partial charge in [-0.2, -0.15) is 0 Å². The summed E-state index contributed by atoms with van der Waals surface area (Å²) < 4.78 is 0. The Morgan fingerprint density at radius 1 is 2.00 bits per heavy atom. The second-order valence-electron chi connectivity index (χ2n) is 2.25. The summed E-state index contributed by atoms with van der Waals surface area (Å²) in [5, 5.41) is 0. The number of aliphatic imine (C=N–C) groups is 1. The van der Waals surface area contributed by atoms with Crippen LogP contribution in [0.2, 0.25) is 0 Å². The van der Waals surface area contributed by atoms with Gasteiger partial charge in [0.05, 0.1) is 11.1 Å². The van der Waals surface area contributed by atoms with Crippen molar-refractivity contribution < 1.29 is 0 Å². The van der Waals surface area contributed by atoms with Gasteiger partial charge in [-0.15, -0.1) is 11.8 Å². The van der Waals surface area contributed by atoms with Gasteiger partial charge in [-0.25, -0.2) is 0 Å². The van der Waals surface area contributed by atoms with Gasteiger partial charge in [0.15, 0.2) is 0 Å². The highest BCUT2D eigenvalue weighted by Gasteiger charge is 2.23. The lowest BCUT2D eigenvalue weighted by Crippen LogP contribution is -2.32. The van der Waals surface area contributed by atoms with Gasteiger partial charge >= 0.3 is 0 Å². The van der Waals surface area contributed by atoms with E-state index in [2.05, 4.69) is 11.9 Å². The lowest BCUT2D eigenvalue weighted by atomic mass is 10.1. The molecule has 1 aliphatic rings. The topological polar surface area (TPSA) is 38.4 Å². The summed E-state index contributed by atoms with van der Waals surface area (Å²) >= 11 is 1.73. The minimum atomic E-state index is 0.0463. The van der Waals surface area contributed by atoms with Crippen molar-refractivity contribution in [2.45, 2.75) is 12.5 Å². The molecule has 1 unspecified atom stereocenters. The summed E-state index contributed by atoms with van der Waals surface area (Å²) in [7, 11) is 0. The largest absolute Gasteiger partial charge is 0.328 e. The Bertz CT molecular complexity index is 113. The van der Waals surface area contributed by atoms with Gasteiger partial charge < -0.3 is 5.73 Å². The predicted molar refractivity (Wildman–Crippen MR) is 38.4 cm³/mol. The van der Waals surface area contributed by atoms with Gasteiger partial charge in [0.1, 0.15) is 0 Å². The van der Waals surface area contributed by atoms with E-state index in [1.165, 1.54) is 0 Å². The SMILES string of the molecule is CC1(CN)CSC=N1. The third-order valence-electron chi connectivity index (χ3n) is 1.27. The van der Waals surface area contributed by atoms with Gasteiger partial charge in [-0.1, -0.05) is 0 Å². The van der Waals surface area contributed by atoms with Crippen LogP contribution in [-0.2, 0) is 0 Å². The van der Waals surface area contributed by atoms with E-state index in [1.807, 2.05) is 5.55 Å². The lowest BCUT2D eigenvalue weighted by Gasteiger charge is -2.15. The van der Waals surface area contributed by atoms with Crippen molar-refractivity contribution >= 4 is 17.3 Å². The fourth-order valence-electron chi connectivity index (χ4n) is 0.530. The Morgan fingerprint density at radius 3 is 3.00 bits per heavy atom. The molecule has 2 nitrogen and oxygen atoms in total. The minimum absolute atomic E-state index is 0.0463. The quantitative estimate of drug-likeness (QED) is 0.560. The first kappa shape index (κ1) is 6.11. The molecular weight excluding hydrogens is 120 g/mol. The highest BCUT2D eigenvalue weighted by molar-refractivity contribution is 8.12. The Balaban J connectivity index is 2.54. The molecule has 0 aromatic carbocycles. The molecule has 1 aliphatic heterocycles. The number of hydrogen-bond donors (Lipinski definition) is 1. The van der Waals surface area contributed by atoms with E-state index < -0.39 is 0 Å². The number of nitrogens with zero attached hydrogens (tertiary/aromatic N) is 1. The molecule has 0 saturated carbocycles. The molecule has 0 radical (unpaired) electrons. The highest BCUT2D eigenvalue weighted by Crippen LogP contribution is 2.20. The number of thioether (sulfide) groups is 1. The molecule has 0 aromatic heterocycles. The van der Waals surface area contributed by atoms with E-state index in [-0.39, 0.29) is 5.54 Å². The summed E-state index contributed by atoms with van der Waals surface area (Å²) in [4.78, 5) is 4.20. The average molecular weight is 130 g/mol. The van der Waals surface area contributed by atoms with E-state index >= 15 is 0 Å². The van der Waals surface area contributed by atoms with Gasteiger partial charge in [0.2, 0.25) is 0 Å². The van der Waals surface area contributed by atoms with E-state index in [0.29, 0.717) is 6.54 Å². The average Bonchev–Trinajstić information content (AvgIpc) is 2.17. The van der Waals surface area contributed by atoms with E-state index in [4.69, 9.17) is 5.73 Å². The smallest absolute Gasteiger partial charge is 0.0801 e. The minimum Gasteiger partial charge on any atom is -0.328 e. The first-order valence-electron chi connectivity index (χ1n) is 2.62. The molecule has 2 N–H and O–H groups in total. The monoisotopic (exact) mass is 130 g/mol. The number of nitrogens with two attached hydrogens (primary N) is 1. The van der Waals surface area contributed by atoms with Crippen molar-refractivity contribution in [1.82, 2.24) is 0 Å². The molecule has 0 saturated heterocycles. The second-order valence-corrected chi connectivity index (χ2v) is 3.08. The van der Waals surface area contributed by atoms with E-state index in [0.717, 1.165) is 5.75 Å². The van der Waals surface area contributed by atoms with Crippen LogP contribution < -0.4 is 5.73 Å². The van der Waals surface area contributed by atoms with Crippen molar-refractivity contribution in [3.05, 3.63) is 0 Å². The normalized spacial score (nSPS) is 36.2. The van der Waals surface area contributed by atoms with Crippen LogP contribution in [0.25, 0.3) is 0 Å². The second kappa shape index (κ2) is 2.07. The Labute approximate surface area is 53.6 Å². The van der Waals surface area contributed by atoms with Crippen LogP contribution in [-0.4, -0.2) is 23.4 Å². The number of hydrogen-bond acceptors (Lipinski definition) is 3. The molecule has 3 heteroatoms. The van der Waals surface area contributed by atoms with Crippen LogP contribution in [0.1, 0.15) is 6.92 Å². The maximum atomic E-state index is 5.44. The van der Waals surface area contributed by atoms with Crippen LogP contribution in [0, 0.1) is 0 Å². The van der Waals surface area contributed by atoms with Crippen molar-refractivity contribution in [3.63, 3.8) is 0 Å². The van der Waals surface area contributed by atoms with E-state index in [9.17, 15) is 0 Å². The standard InChI is InChI=1S/C5H10N2S/c1-5(2-6)3-8-4-7-5/h4H,2-3,6H2,1H3. The zero-order chi connectivity index (χ0) is 6.04. The van der Waals surface area contributed by atoms with Crippen molar-refractivity contribution in [3.8, 4) is 0 Å². The van der Waals surface area contributed by atoms with Crippen LogP contribution >= 0.6 is 11.8 Å². The Hall–Kier alpha value is -0.0200. The fourth-order valence-corrected chi connectivity index (χ4v) is 1.49. The molecule has 1 heterocycles. The fraction of sp³-hybridized carbons (Fsp3) is 0.800. The summed E-state index contributed by atoms with van der Waals surface area (Å²) in [6.07, 6.45) is 0. The van der Waals surface area contributed by atoms with Crippen LogP contribution in [0.3, 0.4) is 0 Å². The summed E-state index contributed by atoms with van der Waals surface area (Å²) in [6, 6.07) is 0. The number of rotatable bonds is 1. The zero-order valence-electron chi connectivity index (χ0n) is 4.92. The van der Waals surface area contributed by atoms with Gasteiger partial charge in [0.25, 0.3) is 0 Å². The maximum Gasteiger partial charge on any atom is 0.0801 e. The highest BCUT2D eigenvalue weighted by atomic mass is 32.2. The molecule has 46 valence electrons. The summed E-state index contributed by atoms with van der Waals surface area (Å²) in [6.45, 7) is 2.74. The van der Waals surface area contributed by atoms with E-state index in [1.54, 1.807) is 11.8 Å². The molecular formula is C5H10N2S. The van der Waals surface area contributed by atoms with Gasteiger partial charge in [-0.05, 0) is 6.92 Å². The van der Waals surface area contributed by atoms with Crippen LogP contribution in [0.5, 0.6) is 0 Å². The molecule has 0 amide bonds. The molecule has 0 spiro atoms. The van der Waals surface area contributed by atoms with Crippen molar-refractivity contribution in [2.75, 3.05) is 12.3 Å². The first-order valence-corrected chi connectivity index (χ1v) is 3.67. The predicted octanol–water partition coefficient (Wildman–Crippen LogP) is 0.479. The Kier molecular flexibility index (Phi) is 1.58. The molecule has 0 bridgehead atoms. The maximum absolute atomic E-state index is 5.44. The molecule has 0 aliphatic carbocycles. The molecule has 0 fully saturated rings. The molecule has 1 atom stereocenters. The summed E-state index contributed by atoms with van der Waals surface area (Å²) in [5.41, 5.74) is 7.37. The zero-order valence-corrected chi connectivity index (χ0v) is 5.74. The Morgan fingerprint density at radius 2 is 2.75 bits per heavy atom. The molecule has 8 heavy (non-hydrogen) atoms. The van der Waals surface area contributed by atoms with Crippen LogP contribution in [0.15, 0.2) is 4.99 Å². The van der Waals surface area contributed by atoms with Gasteiger partial charge in [0, 0.05) is 12.3 Å². The third kappa shape index (κ3) is 1.03. The first-order chi connectivity index (χ1) is 3.77. The molecule has 1 rings (SSSR count). The lowest BCUT2D eigenvalue weighted by molar-refractivity contribution is 0.556.